The van der Waals surface area contributed by atoms with Crippen LogP contribution in [0.15, 0.2) is 0 Å². The van der Waals surface area contributed by atoms with Crippen molar-refractivity contribution in [2.45, 2.75) is 25.1 Å². The van der Waals surface area contributed by atoms with E-state index in [0.29, 0.717) is 12.0 Å². The molecular weight excluding hydrogens is 204 g/mol. The Bertz CT molecular complexity index is 195. The number of aldehydes is 1. The molecule has 0 saturated heterocycles. The van der Waals surface area contributed by atoms with Crippen molar-refractivity contribution in [2.75, 3.05) is 12.8 Å². The van der Waals surface area contributed by atoms with E-state index in [-0.39, 0.29) is 5.91 Å². The number of aliphatic hydroxyl groups is 1. The third kappa shape index (κ3) is 4.08. The van der Waals surface area contributed by atoms with Crippen LogP contribution in [0.2, 0.25) is 0 Å². The maximum Gasteiger partial charge on any atom is 0.238 e. The van der Waals surface area contributed by atoms with Crippen molar-refractivity contribution >= 4 is 24.8 Å². The molecule has 5 nitrogen and oxygen atoms in total. The molecule has 0 spiro atoms. The molecule has 1 amide bonds. The summed E-state index contributed by atoms with van der Waals surface area (Å²) < 4.78 is 0. The molecule has 82 valence electrons. The van der Waals surface area contributed by atoms with Crippen LogP contribution in [0.5, 0.6) is 0 Å². The van der Waals surface area contributed by atoms with Crippen LogP contribution < -0.4 is 10.6 Å². The topological polar surface area (TPSA) is 78.4 Å². The first kappa shape index (κ1) is 13.4. The number of amides is 1. The van der Waals surface area contributed by atoms with Crippen LogP contribution in [0.1, 0.15) is 6.92 Å². The van der Waals surface area contributed by atoms with E-state index in [9.17, 15) is 9.59 Å². The number of thiol groups is 1. The predicted octanol–water partition coefficient (Wildman–Crippen LogP) is -1.43. The minimum atomic E-state index is -0.895. The fourth-order valence-electron chi connectivity index (χ4n) is 0.838. The van der Waals surface area contributed by atoms with E-state index in [1.807, 2.05) is 0 Å². The summed E-state index contributed by atoms with van der Waals surface area (Å²) in [5, 5.41) is 14.2. The second-order valence-electron chi connectivity index (χ2n) is 2.93. The SMILES string of the molecule is CN[C@@H](CS)C(=O)N[C@H](C=O)[C@@H](C)O. The highest BCUT2D eigenvalue weighted by Crippen LogP contribution is 1.92. The lowest BCUT2D eigenvalue weighted by atomic mass is 10.2. The number of hydrogen-bond acceptors (Lipinski definition) is 5. The second-order valence-corrected chi connectivity index (χ2v) is 3.30. The van der Waals surface area contributed by atoms with E-state index in [4.69, 9.17) is 5.11 Å². The Kier molecular flexibility index (Phi) is 6.52. The van der Waals surface area contributed by atoms with Crippen molar-refractivity contribution in [1.29, 1.82) is 0 Å². The molecule has 0 aromatic rings. The summed E-state index contributed by atoms with van der Waals surface area (Å²) in [4.78, 5) is 21.9. The van der Waals surface area contributed by atoms with Crippen LogP contribution in [0.25, 0.3) is 0 Å². The maximum atomic E-state index is 11.4. The van der Waals surface area contributed by atoms with Gasteiger partial charge in [-0.2, -0.15) is 12.6 Å². The van der Waals surface area contributed by atoms with Crippen molar-refractivity contribution in [3.63, 3.8) is 0 Å². The lowest BCUT2D eigenvalue weighted by molar-refractivity contribution is -0.126. The number of hydrogen-bond donors (Lipinski definition) is 4. The summed E-state index contributed by atoms with van der Waals surface area (Å²) in [6.07, 6.45) is -0.387. The largest absolute Gasteiger partial charge is 0.391 e. The molecule has 14 heavy (non-hydrogen) atoms. The Morgan fingerprint density at radius 2 is 2.21 bits per heavy atom. The predicted molar refractivity (Wildman–Crippen MR) is 56.4 cm³/mol. The summed E-state index contributed by atoms with van der Waals surface area (Å²) >= 11 is 3.96. The number of likely N-dealkylation sites (N-methyl/N-ethyl adjacent to an activating group) is 1. The van der Waals surface area contributed by atoms with E-state index in [2.05, 4.69) is 23.3 Å². The molecule has 0 radical (unpaired) electrons. The number of rotatable bonds is 6. The molecule has 0 aliphatic heterocycles. The number of carbonyl (C=O) groups excluding carboxylic acids is 2. The number of nitrogens with one attached hydrogen (secondary N) is 2. The van der Waals surface area contributed by atoms with Gasteiger partial charge in [0.25, 0.3) is 0 Å². The Labute approximate surface area is 88.7 Å². The van der Waals surface area contributed by atoms with Crippen molar-refractivity contribution < 1.29 is 14.7 Å². The van der Waals surface area contributed by atoms with Gasteiger partial charge in [0.2, 0.25) is 5.91 Å². The highest BCUT2D eigenvalue weighted by atomic mass is 32.1. The monoisotopic (exact) mass is 220 g/mol. The minimum Gasteiger partial charge on any atom is -0.391 e. The average Bonchev–Trinajstić information content (AvgIpc) is 2.15. The van der Waals surface area contributed by atoms with E-state index < -0.39 is 18.2 Å². The summed E-state index contributed by atoms with van der Waals surface area (Å²) in [5.41, 5.74) is 0. The molecule has 0 heterocycles. The molecule has 0 unspecified atom stereocenters. The number of carbonyl (C=O) groups is 2. The zero-order valence-electron chi connectivity index (χ0n) is 8.23. The lowest BCUT2D eigenvalue weighted by Crippen LogP contribution is -2.51. The third-order valence-corrected chi connectivity index (χ3v) is 2.19. The molecule has 0 aliphatic rings. The van der Waals surface area contributed by atoms with Crippen molar-refractivity contribution in [2.24, 2.45) is 0 Å². The van der Waals surface area contributed by atoms with Crippen LogP contribution in [0.4, 0.5) is 0 Å². The van der Waals surface area contributed by atoms with Crippen molar-refractivity contribution in [1.82, 2.24) is 10.6 Å². The van der Waals surface area contributed by atoms with Crippen LogP contribution in [0, 0.1) is 0 Å². The zero-order valence-corrected chi connectivity index (χ0v) is 9.12. The van der Waals surface area contributed by atoms with Gasteiger partial charge in [-0.1, -0.05) is 0 Å². The van der Waals surface area contributed by atoms with Crippen molar-refractivity contribution in [3.05, 3.63) is 0 Å². The molecule has 0 aromatic heterocycles. The Morgan fingerprint density at radius 3 is 2.50 bits per heavy atom. The van der Waals surface area contributed by atoms with E-state index >= 15 is 0 Å². The fourth-order valence-corrected chi connectivity index (χ4v) is 1.19. The lowest BCUT2D eigenvalue weighted by Gasteiger charge is -2.19. The van der Waals surface area contributed by atoms with Crippen LogP contribution in [0.3, 0.4) is 0 Å². The highest BCUT2D eigenvalue weighted by molar-refractivity contribution is 7.80. The molecule has 3 atom stereocenters. The average molecular weight is 220 g/mol. The van der Waals surface area contributed by atoms with Gasteiger partial charge < -0.3 is 20.5 Å². The smallest absolute Gasteiger partial charge is 0.238 e. The first-order valence-corrected chi connectivity index (χ1v) is 4.91. The molecule has 0 fully saturated rings. The molecule has 0 aliphatic carbocycles. The van der Waals surface area contributed by atoms with Crippen LogP contribution >= 0.6 is 12.6 Å². The van der Waals surface area contributed by atoms with Gasteiger partial charge in [-0.3, -0.25) is 4.79 Å². The van der Waals surface area contributed by atoms with Crippen molar-refractivity contribution in [3.8, 4) is 0 Å². The summed E-state index contributed by atoms with van der Waals surface area (Å²) in [5.74, 6) is -0.0197. The zero-order chi connectivity index (χ0) is 11.1. The molecule has 0 rings (SSSR count). The van der Waals surface area contributed by atoms with Gasteiger partial charge >= 0.3 is 0 Å². The molecular formula is C8H16N2O3S. The maximum absolute atomic E-state index is 11.4. The molecule has 6 heteroatoms. The molecule has 3 N–H and O–H groups in total. The Morgan fingerprint density at radius 1 is 1.64 bits per heavy atom. The minimum absolute atomic E-state index is 0.327. The van der Waals surface area contributed by atoms with Gasteiger partial charge in [0.05, 0.1) is 12.1 Å². The summed E-state index contributed by atoms with van der Waals surface area (Å²) in [6, 6.07) is -1.32. The first-order valence-electron chi connectivity index (χ1n) is 4.28. The van der Waals surface area contributed by atoms with E-state index in [1.54, 1.807) is 7.05 Å². The van der Waals surface area contributed by atoms with Gasteiger partial charge in [-0.15, -0.1) is 0 Å². The fraction of sp³-hybridized carbons (Fsp3) is 0.750. The normalized spacial score (nSPS) is 16.9. The third-order valence-electron chi connectivity index (χ3n) is 1.82. The summed E-state index contributed by atoms with van der Waals surface area (Å²) in [6.45, 7) is 1.44. The molecule has 0 bridgehead atoms. The van der Waals surface area contributed by atoms with Crippen LogP contribution in [-0.2, 0) is 9.59 Å². The van der Waals surface area contributed by atoms with Gasteiger partial charge in [0, 0.05) is 5.75 Å². The highest BCUT2D eigenvalue weighted by Gasteiger charge is 2.21. The first-order chi connectivity index (χ1) is 6.56. The van der Waals surface area contributed by atoms with Gasteiger partial charge in [-0.05, 0) is 14.0 Å². The number of aliphatic hydroxyl groups excluding tert-OH is 1. The molecule has 0 aromatic carbocycles. The standard InChI is InChI=1S/C8H16N2O3S/c1-5(12)6(3-11)10-8(13)7(4-14)9-2/h3,5-7,9,12,14H,4H2,1-2H3,(H,10,13)/t5-,6-,7+/m1/s1. The summed E-state index contributed by atoms with van der Waals surface area (Å²) in [7, 11) is 1.62. The van der Waals surface area contributed by atoms with E-state index in [1.165, 1.54) is 6.92 Å². The molecule has 0 saturated carbocycles. The van der Waals surface area contributed by atoms with Gasteiger partial charge in [-0.25, -0.2) is 0 Å². The Hall–Kier alpha value is -0.590. The second kappa shape index (κ2) is 6.80. The Balaban J connectivity index is 4.20. The van der Waals surface area contributed by atoms with Gasteiger partial charge in [0.1, 0.15) is 12.3 Å². The van der Waals surface area contributed by atoms with Crippen LogP contribution in [-0.4, -0.2) is 48.3 Å². The van der Waals surface area contributed by atoms with Gasteiger partial charge in [0.15, 0.2) is 0 Å². The quantitative estimate of drug-likeness (QED) is 0.327. The van der Waals surface area contributed by atoms with E-state index in [0.717, 1.165) is 0 Å².